The lowest BCUT2D eigenvalue weighted by molar-refractivity contribution is -0.0688. The first kappa shape index (κ1) is 20.9. The van der Waals surface area contributed by atoms with Crippen LogP contribution < -0.4 is 5.32 Å². The summed E-state index contributed by atoms with van der Waals surface area (Å²) >= 11 is 0. The average molecular weight is 422 g/mol. The minimum absolute atomic E-state index is 0.112. The number of carbonyl (C=O) groups excluding carboxylic acids is 1. The summed E-state index contributed by atoms with van der Waals surface area (Å²) in [7, 11) is -1.83. The molecule has 4 aliphatic rings. The van der Waals surface area contributed by atoms with Gasteiger partial charge < -0.3 is 9.88 Å². The van der Waals surface area contributed by atoms with Gasteiger partial charge in [0.25, 0.3) is 5.91 Å². The quantitative estimate of drug-likeness (QED) is 0.734. The van der Waals surface area contributed by atoms with Crippen LogP contribution in [0.2, 0.25) is 0 Å². The van der Waals surface area contributed by atoms with E-state index in [2.05, 4.69) is 12.2 Å². The van der Waals surface area contributed by atoms with Gasteiger partial charge in [0, 0.05) is 32.4 Å². The number of amides is 1. The number of sulfonamides is 1. The molecule has 4 aliphatic carbocycles. The summed E-state index contributed by atoms with van der Waals surface area (Å²) in [5.74, 6) is 2.33. The van der Waals surface area contributed by atoms with E-state index in [1.54, 1.807) is 17.8 Å². The Hall–Kier alpha value is -1.34. The van der Waals surface area contributed by atoms with E-state index in [0.717, 1.165) is 17.8 Å². The number of nitrogens with zero attached hydrogens (tertiary/aromatic N) is 2. The first-order valence-corrected chi connectivity index (χ1v) is 12.6. The van der Waals surface area contributed by atoms with E-state index < -0.39 is 10.0 Å². The van der Waals surface area contributed by atoms with Gasteiger partial charge in [-0.15, -0.1) is 0 Å². The Morgan fingerprint density at radius 1 is 1.17 bits per heavy atom. The molecule has 29 heavy (non-hydrogen) atoms. The largest absolute Gasteiger partial charge is 0.348 e. The van der Waals surface area contributed by atoms with Crippen molar-refractivity contribution in [2.45, 2.75) is 70.2 Å². The van der Waals surface area contributed by atoms with Gasteiger partial charge in [0.1, 0.15) is 10.6 Å². The fraction of sp³-hybridized carbons (Fsp3) is 0.773. The molecule has 0 saturated heterocycles. The molecule has 4 bridgehead atoms. The summed E-state index contributed by atoms with van der Waals surface area (Å²) in [6.45, 7) is 6.63. The van der Waals surface area contributed by atoms with Crippen LogP contribution in [0.1, 0.15) is 69.8 Å². The minimum atomic E-state index is -3.57. The molecule has 6 nitrogen and oxygen atoms in total. The SMILES string of the molecule is CCN(CC)S(=O)(=O)c1cc(C(=O)NC(C)C23CC4CC(CC(C4)C2)C3)n(C)c1. The third-order valence-electron chi connectivity index (χ3n) is 7.91. The summed E-state index contributed by atoms with van der Waals surface area (Å²) in [6, 6.07) is 1.64. The number of aromatic nitrogens is 1. The fourth-order valence-corrected chi connectivity index (χ4v) is 8.28. The molecule has 4 fully saturated rings. The molecule has 7 heteroatoms. The standard InChI is InChI=1S/C22H35N3O3S/c1-5-25(6-2)29(27,28)19-10-20(24(4)14-19)21(26)23-15(3)22-11-16-7-17(12-22)9-18(8-16)13-22/h10,14-18H,5-9,11-13H2,1-4H3,(H,23,26). The highest BCUT2D eigenvalue weighted by molar-refractivity contribution is 7.89. The lowest BCUT2D eigenvalue weighted by Crippen LogP contribution is -2.55. The van der Waals surface area contributed by atoms with E-state index in [-0.39, 0.29) is 22.3 Å². The Bertz CT molecular complexity index is 850. The molecule has 0 aromatic carbocycles. The minimum Gasteiger partial charge on any atom is -0.348 e. The smallest absolute Gasteiger partial charge is 0.268 e. The molecular formula is C22H35N3O3S. The van der Waals surface area contributed by atoms with Crippen LogP contribution in [0.15, 0.2) is 17.2 Å². The third-order valence-corrected chi connectivity index (χ3v) is 9.92. The predicted octanol–water partition coefficient (Wildman–Crippen LogP) is 3.39. The number of aryl methyl sites for hydroxylation is 1. The van der Waals surface area contributed by atoms with Crippen LogP contribution in [0.4, 0.5) is 0 Å². The van der Waals surface area contributed by atoms with E-state index in [1.165, 1.54) is 48.9 Å². The van der Waals surface area contributed by atoms with Gasteiger partial charge in [-0.25, -0.2) is 8.42 Å². The highest BCUT2D eigenvalue weighted by atomic mass is 32.2. The maximum absolute atomic E-state index is 13.1. The molecular weight excluding hydrogens is 386 g/mol. The average Bonchev–Trinajstić information content (AvgIpc) is 3.04. The lowest BCUT2D eigenvalue weighted by Gasteiger charge is -2.59. The van der Waals surface area contributed by atoms with Gasteiger partial charge in [-0.2, -0.15) is 4.31 Å². The molecule has 1 heterocycles. The van der Waals surface area contributed by atoms with Crippen molar-refractivity contribution in [3.8, 4) is 0 Å². The highest BCUT2D eigenvalue weighted by Gasteiger charge is 2.53. The molecule has 5 rings (SSSR count). The van der Waals surface area contributed by atoms with Crippen LogP contribution >= 0.6 is 0 Å². The summed E-state index contributed by atoms with van der Waals surface area (Å²) < 4.78 is 28.7. The Balaban J connectivity index is 1.51. The van der Waals surface area contributed by atoms with E-state index in [9.17, 15) is 13.2 Å². The van der Waals surface area contributed by atoms with Crippen molar-refractivity contribution in [3.63, 3.8) is 0 Å². The molecule has 1 unspecified atom stereocenters. The monoisotopic (exact) mass is 421 g/mol. The summed E-state index contributed by atoms with van der Waals surface area (Å²) in [5.41, 5.74) is 0.637. The van der Waals surface area contributed by atoms with Crippen LogP contribution in [0.3, 0.4) is 0 Å². The topological polar surface area (TPSA) is 71.4 Å². The number of rotatable bonds is 7. The van der Waals surface area contributed by atoms with Gasteiger partial charge >= 0.3 is 0 Å². The molecule has 0 aliphatic heterocycles. The number of hydrogen-bond acceptors (Lipinski definition) is 3. The van der Waals surface area contributed by atoms with Crippen LogP contribution in [0.25, 0.3) is 0 Å². The Labute approximate surface area is 175 Å². The van der Waals surface area contributed by atoms with Crippen molar-refractivity contribution >= 4 is 15.9 Å². The molecule has 162 valence electrons. The summed E-state index contributed by atoms with van der Waals surface area (Å²) in [6.07, 6.45) is 9.39. The van der Waals surface area contributed by atoms with Crippen LogP contribution in [-0.2, 0) is 17.1 Å². The van der Waals surface area contributed by atoms with Gasteiger partial charge in [-0.1, -0.05) is 13.8 Å². The molecule has 0 spiro atoms. The molecule has 4 saturated carbocycles. The molecule has 1 amide bonds. The van der Waals surface area contributed by atoms with Gasteiger partial charge in [0.05, 0.1) is 0 Å². The Kier molecular flexibility index (Phi) is 5.35. The molecule has 1 aromatic heterocycles. The maximum atomic E-state index is 13.1. The third kappa shape index (κ3) is 3.54. The summed E-state index contributed by atoms with van der Waals surface area (Å²) in [4.78, 5) is 13.3. The Morgan fingerprint density at radius 3 is 2.17 bits per heavy atom. The highest BCUT2D eigenvalue weighted by Crippen LogP contribution is 2.61. The zero-order valence-corrected chi connectivity index (χ0v) is 19.0. The first-order valence-electron chi connectivity index (χ1n) is 11.2. The van der Waals surface area contributed by atoms with Crippen LogP contribution in [-0.4, -0.2) is 42.3 Å². The van der Waals surface area contributed by atoms with Crippen molar-refractivity contribution in [1.82, 2.24) is 14.2 Å². The normalized spacial score (nSPS) is 32.0. The molecule has 1 N–H and O–H groups in total. The lowest BCUT2D eigenvalue weighted by atomic mass is 9.48. The van der Waals surface area contributed by atoms with Gasteiger partial charge in [0.15, 0.2) is 0 Å². The fourth-order valence-electron chi connectivity index (χ4n) is 6.75. The van der Waals surface area contributed by atoms with Crippen molar-refractivity contribution in [1.29, 1.82) is 0 Å². The van der Waals surface area contributed by atoms with Gasteiger partial charge in [-0.05, 0) is 74.7 Å². The van der Waals surface area contributed by atoms with Crippen LogP contribution in [0, 0.1) is 23.2 Å². The zero-order chi connectivity index (χ0) is 21.0. The zero-order valence-electron chi connectivity index (χ0n) is 18.1. The van der Waals surface area contributed by atoms with Crippen molar-refractivity contribution in [2.75, 3.05) is 13.1 Å². The predicted molar refractivity (Wildman–Crippen MR) is 113 cm³/mol. The van der Waals surface area contributed by atoms with E-state index in [4.69, 9.17) is 0 Å². The van der Waals surface area contributed by atoms with Gasteiger partial charge in [-0.3, -0.25) is 4.79 Å². The number of nitrogens with one attached hydrogen (secondary N) is 1. The second kappa shape index (κ2) is 7.41. The van der Waals surface area contributed by atoms with Crippen molar-refractivity contribution in [3.05, 3.63) is 18.0 Å². The molecule has 1 atom stereocenters. The van der Waals surface area contributed by atoms with E-state index in [0.29, 0.717) is 18.8 Å². The second-order valence-corrected chi connectivity index (χ2v) is 11.7. The van der Waals surface area contributed by atoms with E-state index >= 15 is 0 Å². The first-order chi connectivity index (χ1) is 13.7. The van der Waals surface area contributed by atoms with Crippen LogP contribution in [0.5, 0.6) is 0 Å². The second-order valence-electron chi connectivity index (χ2n) is 9.74. The number of hydrogen-bond donors (Lipinski definition) is 1. The molecule has 0 radical (unpaired) electrons. The van der Waals surface area contributed by atoms with Gasteiger partial charge in [0.2, 0.25) is 10.0 Å². The summed E-state index contributed by atoms with van der Waals surface area (Å²) in [5, 5.41) is 3.25. The molecule has 1 aromatic rings. The van der Waals surface area contributed by atoms with Crippen molar-refractivity contribution < 1.29 is 13.2 Å². The van der Waals surface area contributed by atoms with Crippen molar-refractivity contribution in [2.24, 2.45) is 30.2 Å². The number of carbonyl (C=O) groups is 1. The Morgan fingerprint density at radius 2 is 1.69 bits per heavy atom. The van der Waals surface area contributed by atoms with E-state index in [1.807, 2.05) is 13.8 Å². The maximum Gasteiger partial charge on any atom is 0.268 e.